The minimum absolute atomic E-state index is 0.249. The van der Waals surface area contributed by atoms with E-state index >= 15 is 0 Å². The normalized spacial score (nSPS) is 9.95. The molecule has 0 bridgehead atoms. The van der Waals surface area contributed by atoms with E-state index in [-0.39, 0.29) is 10.9 Å². The van der Waals surface area contributed by atoms with Crippen LogP contribution < -0.4 is 11.1 Å². The fourth-order valence-corrected chi connectivity index (χ4v) is 1.69. The molecule has 0 aliphatic rings. The first-order valence-electron chi connectivity index (χ1n) is 5.39. The number of nitrogens with two attached hydrogens (primary N) is 1. The molecule has 0 saturated heterocycles. The third kappa shape index (κ3) is 3.49. The lowest BCUT2D eigenvalue weighted by Gasteiger charge is -2.05. The lowest BCUT2D eigenvalue weighted by molar-refractivity contribution is 0.102. The van der Waals surface area contributed by atoms with E-state index in [0.717, 1.165) is 0 Å². The van der Waals surface area contributed by atoms with Crippen LogP contribution in [0.15, 0.2) is 42.6 Å². The van der Waals surface area contributed by atoms with E-state index in [2.05, 4.69) is 10.3 Å². The topological polar surface area (TPSA) is 68.0 Å². The molecule has 0 aliphatic carbocycles. The van der Waals surface area contributed by atoms with E-state index in [1.165, 1.54) is 6.20 Å². The minimum atomic E-state index is -0.284. The fraction of sp³-hybridized carbons (Fsp3) is 0. The van der Waals surface area contributed by atoms with Gasteiger partial charge < -0.3 is 11.1 Å². The highest BCUT2D eigenvalue weighted by Gasteiger charge is 2.08. The van der Waals surface area contributed by atoms with Crippen molar-refractivity contribution in [2.75, 3.05) is 5.32 Å². The second-order valence-electron chi connectivity index (χ2n) is 3.76. The summed E-state index contributed by atoms with van der Waals surface area (Å²) < 4.78 is 0. The average molecular weight is 292 g/mol. The van der Waals surface area contributed by atoms with Crippen molar-refractivity contribution in [2.24, 2.45) is 5.73 Å². The molecule has 6 heteroatoms. The number of thiocarbonyl (C=S) groups is 1. The van der Waals surface area contributed by atoms with Crippen LogP contribution in [-0.4, -0.2) is 15.9 Å². The third-order valence-corrected chi connectivity index (χ3v) is 2.84. The zero-order chi connectivity index (χ0) is 13.8. The minimum Gasteiger partial charge on any atom is -0.389 e. The van der Waals surface area contributed by atoms with Crippen LogP contribution in [0.4, 0.5) is 5.82 Å². The monoisotopic (exact) mass is 291 g/mol. The number of carbonyl (C=O) groups excluding carboxylic acids is 1. The van der Waals surface area contributed by atoms with Gasteiger partial charge in [-0.2, -0.15) is 0 Å². The summed E-state index contributed by atoms with van der Waals surface area (Å²) >= 11 is 10.6. The maximum atomic E-state index is 12.0. The van der Waals surface area contributed by atoms with Crippen LogP contribution in [0, 0.1) is 0 Å². The first kappa shape index (κ1) is 13.5. The Balaban J connectivity index is 2.18. The fourth-order valence-electron chi connectivity index (χ4n) is 1.45. The molecule has 4 nitrogen and oxygen atoms in total. The van der Waals surface area contributed by atoms with Gasteiger partial charge in [-0.25, -0.2) is 4.98 Å². The van der Waals surface area contributed by atoms with Crippen LogP contribution in [0.3, 0.4) is 0 Å². The van der Waals surface area contributed by atoms with E-state index in [9.17, 15) is 4.79 Å². The van der Waals surface area contributed by atoms with Crippen LogP contribution in [0.1, 0.15) is 15.9 Å². The van der Waals surface area contributed by atoms with Crippen molar-refractivity contribution in [1.82, 2.24) is 4.98 Å². The number of benzene rings is 1. The standard InChI is InChI=1S/C13H10ClN3OS/c14-10-4-5-11(16-7-10)17-13(18)9-3-1-2-8(6-9)12(15)19/h1-7H,(H2,15,19)(H,16,17,18). The molecular weight excluding hydrogens is 282 g/mol. The van der Waals surface area contributed by atoms with Gasteiger partial charge in [-0.3, -0.25) is 4.79 Å². The van der Waals surface area contributed by atoms with Crippen LogP contribution >= 0.6 is 23.8 Å². The van der Waals surface area contributed by atoms with Crippen LogP contribution in [0.25, 0.3) is 0 Å². The molecule has 19 heavy (non-hydrogen) atoms. The van der Waals surface area contributed by atoms with Crippen molar-refractivity contribution < 1.29 is 4.79 Å². The predicted octanol–water partition coefficient (Wildman–Crippen LogP) is 2.62. The van der Waals surface area contributed by atoms with Gasteiger partial charge >= 0.3 is 0 Å². The Morgan fingerprint density at radius 2 is 2.00 bits per heavy atom. The smallest absolute Gasteiger partial charge is 0.256 e. The molecule has 1 heterocycles. The van der Waals surface area contributed by atoms with Crippen molar-refractivity contribution in [3.63, 3.8) is 0 Å². The number of anilines is 1. The van der Waals surface area contributed by atoms with Gasteiger partial charge in [-0.1, -0.05) is 36.0 Å². The van der Waals surface area contributed by atoms with Gasteiger partial charge in [0, 0.05) is 17.3 Å². The quantitative estimate of drug-likeness (QED) is 0.853. The number of nitrogens with zero attached hydrogens (tertiary/aromatic N) is 1. The van der Waals surface area contributed by atoms with E-state index in [1.54, 1.807) is 36.4 Å². The number of carbonyl (C=O) groups is 1. The molecule has 0 atom stereocenters. The highest BCUT2D eigenvalue weighted by molar-refractivity contribution is 7.80. The summed E-state index contributed by atoms with van der Waals surface area (Å²) in [5.41, 5.74) is 6.63. The summed E-state index contributed by atoms with van der Waals surface area (Å²) in [6, 6.07) is 10.0. The van der Waals surface area contributed by atoms with Crippen molar-refractivity contribution in [1.29, 1.82) is 0 Å². The Morgan fingerprint density at radius 1 is 1.26 bits per heavy atom. The van der Waals surface area contributed by atoms with E-state index in [0.29, 0.717) is 22.0 Å². The Hall–Kier alpha value is -1.98. The Labute approximate surface area is 120 Å². The van der Waals surface area contributed by atoms with E-state index in [1.807, 2.05) is 0 Å². The van der Waals surface area contributed by atoms with Crippen molar-refractivity contribution in [3.8, 4) is 0 Å². The lowest BCUT2D eigenvalue weighted by Crippen LogP contribution is -2.15. The lowest BCUT2D eigenvalue weighted by atomic mass is 10.1. The summed E-state index contributed by atoms with van der Waals surface area (Å²) in [5, 5.41) is 3.17. The molecule has 2 aromatic rings. The second-order valence-corrected chi connectivity index (χ2v) is 4.64. The average Bonchev–Trinajstić information content (AvgIpc) is 2.41. The SMILES string of the molecule is NC(=S)c1cccc(C(=O)Nc2ccc(Cl)cn2)c1. The van der Waals surface area contributed by atoms with Gasteiger partial charge in [0.15, 0.2) is 0 Å². The molecule has 96 valence electrons. The number of nitrogens with one attached hydrogen (secondary N) is 1. The number of halogens is 1. The number of rotatable bonds is 3. The zero-order valence-corrected chi connectivity index (χ0v) is 11.3. The largest absolute Gasteiger partial charge is 0.389 e. The molecule has 0 radical (unpaired) electrons. The highest BCUT2D eigenvalue weighted by Crippen LogP contribution is 2.12. The summed E-state index contributed by atoms with van der Waals surface area (Å²) in [7, 11) is 0. The summed E-state index contributed by atoms with van der Waals surface area (Å²) in [6.45, 7) is 0. The number of hydrogen-bond donors (Lipinski definition) is 2. The highest BCUT2D eigenvalue weighted by atomic mass is 35.5. The molecule has 2 rings (SSSR count). The Bertz CT molecular complexity index is 628. The second kappa shape index (κ2) is 5.77. The molecule has 0 unspecified atom stereocenters. The molecule has 0 spiro atoms. The van der Waals surface area contributed by atoms with Gasteiger partial charge in [0.25, 0.3) is 5.91 Å². The van der Waals surface area contributed by atoms with Crippen LogP contribution in [0.2, 0.25) is 5.02 Å². The molecule has 0 aliphatic heterocycles. The van der Waals surface area contributed by atoms with Gasteiger partial charge in [0.1, 0.15) is 10.8 Å². The van der Waals surface area contributed by atoms with Crippen molar-refractivity contribution in [2.45, 2.75) is 0 Å². The van der Waals surface area contributed by atoms with Crippen molar-refractivity contribution >= 4 is 40.5 Å². The molecule has 1 amide bonds. The van der Waals surface area contributed by atoms with Crippen molar-refractivity contribution in [3.05, 3.63) is 58.7 Å². The van der Waals surface area contributed by atoms with E-state index < -0.39 is 0 Å². The molecule has 1 aromatic carbocycles. The Morgan fingerprint density at radius 3 is 2.63 bits per heavy atom. The molecule has 1 aromatic heterocycles. The summed E-state index contributed by atoms with van der Waals surface area (Å²) in [6.07, 6.45) is 1.46. The molecule has 3 N–H and O–H groups in total. The number of pyridine rings is 1. The van der Waals surface area contributed by atoms with E-state index in [4.69, 9.17) is 29.6 Å². The van der Waals surface area contributed by atoms with Gasteiger partial charge in [0.05, 0.1) is 5.02 Å². The third-order valence-electron chi connectivity index (χ3n) is 2.38. The zero-order valence-electron chi connectivity index (χ0n) is 9.76. The summed E-state index contributed by atoms with van der Waals surface area (Å²) in [5.74, 6) is 0.142. The molecule has 0 saturated carbocycles. The summed E-state index contributed by atoms with van der Waals surface area (Å²) in [4.78, 5) is 16.2. The van der Waals surface area contributed by atoms with Crippen LogP contribution in [-0.2, 0) is 0 Å². The maximum absolute atomic E-state index is 12.0. The van der Waals surface area contributed by atoms with Gasteiger partial charge in [0.2, 0.25) is 0 Å². The predicted molar refractivity (Wildman–Crippen MR) is 79.5 cm³/mol. The van der Waals surface area contributed by atoms with Gasteiger partial charge in [-0.05, 0) is 24.3 Å². The molecular formula is C13H10ClN3OS. The Kier molecular flexibility index (Phi) is 4.09. The maximum Gasteiger partial charge on any atom is 0.256 e. The number of aromatic nitrogens is 1. The number of hydrogen-bond acceptors (Lipinski definition) is 3. The van der Waals surface area contributed by atoms with Crippen LogP contribution in [0.5, 0.6) is 0 Å². The van der Waals surface area contributed by atoms with Gasteiger partial charge in [-0.15, -0.1) is 0 Å². The molecule has 0 fully saturated rings. The first-order valence-corrected chi connectivity index (χ1v) is 6.17. The first-order chi connectivity index (χ1) is 9.06. The number of amides is 1.